The molecular weight excluding hydrogens is 317 g/mol. The van der Waals surface area contributed by atoms with Gasteiger partial charge in [0.15, 0.2) is 0 Å². The van der Waals surface area contributed by atoms with Crippen molar-refractivity contribution in [3.8, 4) is 0 Å². The van der Waals surface area contributed by atoms with Crippen LogP contribution in [-0.4, -0.2) is 23.5 Å². The Morgan fingerprint density at radius 3 is 2.48 bits per heavy atom. The monoisotopic (exact) mass is 335 g/mol. The summed E-state index contributed by atoms with van der Waals surface area (Å²) in [7, 11) is 0. The molecule has 0 saturated carbocycles. The molecule has 23 heavy (non-hydrogen) atoms. The molecule has 0 aliphatic heterocycles. The number of carbonyl (C=O) groups excluding carboxylic acids is 1. The maximum atomic E-state index is 12.9. The number of benzene rings is 1. The van der Waals surface area contributed by atoms with Gasteiger partial charge >= 0.3 is 5.97 Å². The lowest BCUT2D eigenvalue weighted by Gasteiger charge is -2.13. The summed E-state index contributed by atoms with van der Waals surface area (Å²) in [6.45, 7) is 3.93. The topological polar surface area (TPSA) is 66.4 Å². The number of carbonyl (C=O) groups is 2. The number of aryl methyl sites for hydroxylation is 2. The summed E-state index contributed by atoms with van der Waals surface area (Å²) in [5, 5.41) is 12.0. The minimum Gasteiger partial charge on any atom is -0.481 e. The number of aliphatic carboxylic acids is 1. The van der Waals surface area contributed by atoms with Crippen LogP contribution in [0.1, 0.15) is 38.5 Å². The molecule has 1 aromatic heterocycles. The SMILES string of the molecule is CCc1sc(C(=O)NCC(C(=O)O)c2ccc(F)cc2)cc1C. The van der Waals surface area contributed by atoms with Crippen molar-refractivity contribution in [1.82, 2.24) is 5.32 Å². The van der Waals surface area contributed by atoms with E-state index in [1.54, 1.807) is 0 Å². The van der Waals surface area contributed by atoms with Crippen LogP contribution in [0, 0.1) is 12.7 Å². The Morgan fingerprint density at radius 2 is 1.96 bits per heavy atom. The zero-order chi connectivity index (χ0) is 17.0. The average Bonchev–Trinajstić information content (AvgIpc) is 2.90. The molecule has 0 radical (unpaired) electrons. The maximum Gasteiger partial charge on any atom is 0.312 e. The van der Waals surface area contributed by atoms with Gasteiger partial charge in [0, 0.05) is 11.4 Å². The van der Waals surface area contributed by atoms with Crippen LogP contribution in [0.4, 0.5) is 4.39 Å². The Kier molecular flexibility index (Phi) is 5.50. The van der Waals surface area contributed by atoms with Gasteiger partial charge in [0.05, 0.1) is 10.8 Å². The molecule has 2 rings (SSSR count). The van der Waals surface area contributed by atoms with Crippen molar-refractivity contribution in [3.05, 3.63) is 57.0 Å². The van der Waals surface area contributed by atoms with Crippen LogP contribution in [0.2, 0.25) is 0 Å². The van der Waals surface area contributed by atoms with Gasteiger partial charge in [-0.1, -0.05) is 19.1 Å². The summed E-state index contributed by atoms with van der Waals surface area (Å²) in [6.07, 6.45) is 0.858. The fourth-order valence-electron chi connectivity index (χ4n) is 2.31. The highest BCUT2D eigenvalue weighted by atomic mass is 32.1. The third-order valence-corrected chi connectivity index (χ3v) is 4.98. The van der Waals surface area contributed by atoms with Gasteiger partial charge < -0.3 is 10.4 Å². The number of halogens is 1. The van der Waals surface area contributed by atoms with E-state index < -0.39 is 17.7 Å². The Hall–Kier alpha value is -2.21. The second-order valence-electron chi connectivity index (χ2n) is 5.22. The molecule has 1 aromatic carbocycles. The van der Waals surface area contributed by atoms with E-state index in [2.05, 4.69) is 5.32 Å². The number of hydrogen-bond acceptors (Lipinski definition) is 3. The van der Waals surface area contributed by atoms with Gasteiger partial charge in [-0.05, 0) is 42.7 Å². The zero-order valence-corrected chi connectivity index (χ0v) is 13.7. The van der Waals surface area contributed by atoms with Crippen molar-refractivity contribution in [2.24, 2.45) is 0 Å². The maximum absolute atomic E-state index is 12.9. The quantitative estimate of drug-likeness (QED) is 0.851. The van der Waals surface area contributed by atoms with Crippen molar-refractivity contribution in [2.45, 2.75) is 26.2 Å². The molecule has 0 fully saturated rings. The Bertz CT molecular complexity index is 709. The van der Waals surface area contributed by atoms with Crippen LogP contribution in [-0.2, 0) is 11.2 Å². The van der Waals surface area contributed by atoms with E-state index in [4.69, 9.17) is 0 Å². The average molecular weight is 335 g/mol. The molecule has 0 spiro atoms. The van der Waals surface area contributed by atoms with Gasteiger partial charge in [0.25, 0.3) is 5.91 Å². The molecule has 2 aromatic rings. The molecule has 1 atom stereocenters. The Morgan fingerprint density at radius 1 is 1.30 bits per heavy atom. The second kappa shape index (κ2) is 7.37. The predicted octanol–water partition coefficient (Wildman–Crippen LogP) is 3.36. The van der Waals surface area contributed by atoms with Crippen molar-refractivity contribution in [1.29, 1.82) is 0 Å². The van der Waals surface area contributed by atoms with E-state index in [0.717, 1.165) is 16.9 Å². The highest BCUT2D eigenvalue weighted by Gasteiger charge is 2.21. The van der Waals surface area contributed by atoms with Gasteiger partial charge in [0.1, 0.15) is 5.82 Å². The normalized spacial score (nSPS) is 12.0. The fourth-order valence-corrected chi connectivity index (χ4v) is 3.34. The van der Waals surface area contributed by atoms with Crippen LogP contribution in [0.5, 0.6) is 0 Å². The Balaban J connectivity index is 2.07. The molecule has 1 unspecified atom stereocenters. The smallest absolute Gasteiger partial charge is 0.312 e. The molecule has 122 valence electrons. The number of thiophene rings is 1. The third-order valence-electron chi connectivity index (χ3n) is 3.60. The molecule has 2 N–H and O–H groups in total. The van der Waals surface area contributed by atoms with Gasteiger partial charge in [0.2, 0.25) is 0 Å². The summed E-state index contributed by atoms with van der Waals surface area (Å²) >= 11 is 1.42. The molecule has 0 bridgehead atoms. The first kappa shape index (κ1) is 17.1. The highest BCUT2D eigenvalue weighted by Crippen LogP contribution is 2.22. The number of nitrogens with one attached hydrogen (secondary N) is 1. The molecule has 0 aliphatic rings. The zero-order valence-electron chi connectivity index (χ0n) is 12.9. The lowest BCUT2D eigenvalue weighted by Crippen LogP contribution is -2.31. The van der Waals surface area contributed by atoms with Crippen molar-refractivity contribution in [3.63, 3.8) is 0 Å². The van der Waals surface area contributed by atoms with E-state index in [1.165, 1.54) is 35.6 Å². The molecule has 0 aliphatic carbocycles. The standard InChI is InChI=1S/C17H18FNO3S/c1-3-14-10(2)8-15(23-14)16(20)19-9-13(17(21)22)11-4-6-12(18)7-5-11/h4-8,13H,3,9H2,1-2H3,(H,19,20)(H,21,22). The summed E-state index contributed by atoms with van der Waals surface area (Å²) in [5.74, 6) is -2.69. The van der Waals surface area contributed by atoms with Crippen LogP contribution in [0.25, 0.3) is 0 Å². The molecule has 1 heterocycles. The first-order valence-electron chi connectivity index (χ1n) is 7.28. The summed E-state index contributed by atoms with van der Waals surface area (Å²) in [4.78, 5) is 25.3. The first-order valence-corrected chi connectivity index (χ1v) is 8.09. The molecule has 4 nitrogen and oxygen atoms in total. The van der Waals surface area contributed by atoms with E-state index in [9.17, 15) is 19.1 Å². The van der Waals surface area contributed by atoms with Crippen LogP contribution >= 0.6 is 11.3 Å². The lowest BCUT2D eigenvalue weighted by molar-refractivity contribution is -0.138. The number of carboxylic acids is 1. The molecule has 0 saturated heterocycles. The van der Waals surface area contributed by atoms with Crippen LogP contribution in [0.3, 0.4) is 0 Å². The third kappa shape index (κ3) is 4.16. The van der Waals surface area contributed by atoms with Crippen molar-refractivity contribution in [2.75, 3.05) is 6.54 Å². The van der Waals surface area contributed by atoms with E-state index >= 15 is 0 Å². The van der Waals surface area contributed by atoms with Gasteiger partial charge in [-0.2, -0.15) is 0 Å². The van der Waals surface area contributed by atoms with E-state index in [0.29, 0.717) is 10.4 Å². The largest absolute Gasteiger partial charge is 0.481 e. The van der Waals surface area contributed by atoms with Crippen LogP contribution in [0.15, 0.2) is 30.3 Å². The minimum atomic E-state index is -1.06. The number of hydrogen-bond donors (Lipinski definition) is 2. The fraction of sp³-hybridized carbons (Fsp3) is 0.294. The first-order chi connectivity index (χ1) is 10.9. The molecule has 1 amide bonds. The van der Waals surface area contributed by atoms with E-state index in [-0.39, 0.29) is 12.5 Å². The van der Waals surface area contributed by atoms with Crippen molar-refractivity contribution >= 4 is 23.2 Å². The lowest BCUT2D eigenvalue weighted by atomic mass is 9.99. The number of amides is 1. The van der Waals surface area contributed by atoms with Gasteiger partial charge in [-0.3, -0.25) is 9.59 Å². The molecular formula is C17H18FNO3S. The number of rotatable bonds is 6. The van der Waals surface area contributed by atoms with Crippen LogP contribution < -0.4 is 5.32 Å². The van der Waals surface area contributed by atoms with E-state index in [1.807, 2.05) is 19.9 Å². The predicted molar refractivity (Wildman–Crippen MR) is 87.5 cm³/mol. The Labute approximate surface area is 138 Å². The summed E-state index contributed by atoms with van der Waals surface area (Å²) < 4.78 is 12.9. The molecule has 6 heteroatoms. The second-order valence-corrected chi connectivity index (χ2v) is 6.36. The minimum absolute atomic E-state index is 0.0434. The number of carboxylic acid groups (broad SMARTS) is 1. The highest BCUT2D eigenvalue weighted by molar-refractivity contribution is 7.14. The van der Waals surface area contributed by atoms with Gasteiger partial charge in [-0.15, -0.1) is 11.3 Å². The summed E-state index contributed by atoms with van der Waals surface area (Å²) in [5.41, 5.74) is 1.52. The van der Waals surface area contributed by atoms with Gasteiger partial charge in [-0.25, -0.2) is 4.39 Å². The van der Waals surface area contributed by atoms with Crippen molar-refractivity contribution < 1.29 is 19.1 Å². The summed E-state index contributed by atoms with van der Waals surface area (Å²) in [6, 6.07) is 7.08.